The number of aliphatic carboxylic acids is 1. The van der Waals surface area contributed by atoms with E-state index in [1.165, 1.54) is 0 Å². The molecule has 1 aromatic rings. The van der Waals surface area contributed by atoms with E-state index < -0.39 is 11.9 Å². The highest BCUT2D eigenvalue weighted by molar-refractivity contribution is 5.98. The van der Waals surface area contributed by atoms with Crippen molar-refractivity contribution in [3.05, 3.63) is 29.8 Å². The van der Waals surface area contributed by atoms with Crippen molar-refractivity contribution in [3.63, 3.8) is 0 Å². The standard InChI is InChI=1S/C13H16N2O3/c14-12(16)10-5-1-2-6-11(10)15-7-3-4-9(8-15)13(17)18/h1-2,5-6,9H,3-4,7-8H2,(H2,14,16)(H,17,18). The number of carbonyl (C=O) groups is 2. The van der Waals surface area contributed by atoms with E-state index in [1.807, 2.05) is 17.0 Å². The van der Waals surface area contributed by atoms with Gasteiger partial charge in [0.2, 0.25) is 0 Å². The van der Waals surface area contributed by atoms with Crippen molar-refractivity contribution in [2.45, 2.75) is 12.8 Å². The molecule has 0 aromatic heterocycles. The monoisotopic (exact) mass is 248 g/mol. The number of carboxylic acids is 1. The van der Waals surface area contributed by atoms with E-state index in [4.69, 9.17) is 10.8 Å². The Morgan fingerprint density at radius 2 is 2.06 bits per heavy atom. The van der Waals surface area contributed by atoms with Crippen molar-refractivity contribution in [3.8, 4) is 0 Å². The number of benzene rings is 1. The molecule has 0 bridgehead atoms. The highest BCUT2D eigenvalue weighted by Gasteiger charge is 2.26. The van der Waals surface area contributed by atoms with E-state index in [0.717, 1.165) is 18.7 Å². The zero-order valence-corrected chi connectivity index (χ0v) is 10.0. The predicted octanol–water partition coefficient (Wildman–Crippen LogP) is 1.09. The average Bonchev–Trinajstić information content (AvgIpc) is 2.39. The first kappa shape index (κ1) is 12.4. The molecule has 1 aliphatic rings. The van der Waals surface area contributed by atoms with Crippen molar-refractivity contribution in [2.75, 3.05) is 18.0 Å². The van der Waals surface area contributed by atoms with Gasteiger partial charge < -0.3 is 15.7 Å². The number of rotatable bonds is 3. The van der Waals surface area contributed by atoms with Gasteiger partial charge in [-0.05, 0) is 25.0 Å². The van der Waals surface area contributed by atoms with E-state index in [2.05, 4.69) is 0 Å². The maximum Gasteiger partial charge on any atom is 0.308 e. The Balaban J connectivity index is 2.26. The van der Waals surface area contributed by atoms with Gasteiger partial charge in [-0.1, -0.05) is 12.1 Å². The van der Waals surface area contributed by atoms with Crippen molar-refractivity contribution < 1.29 is 14.7 Å². The first-order chi connectivity index (χ1) is 8.59. The summed E-state index contributed by atoms with van der Waals surface area (Å²) in [6.45, 7) is 1.19. The molecule has 1 aliphatic heterocycles. The topological polar surface area (TPSA) is 83.6 Å². The van der Waals surface area contributed by atoms with Gasteiger partial charge in [0.05, 0.1) is 11.5 Å². The van der Waals surface area contributed by atoms with Crippen molar-refractivity contribution >= 4 is 17.6 Å². The van der Waals surface area contributed by atoms with Crippen LogP contribution in [0.5, 0.6) is 0 Å². The van der Waals surface area contributed by atoms with Crippen LogP contribution >= 0.6 is 0 Å². The van der Waals surface area contributed by atoms with Gasteiger partial charge in [-0.25, -0.2) is 0 Å². The summed E-state index contributed by atoms with van der Waals surface area (Å²) in [7, 11) is 0. The molecule has 18 heavy (non-hydrogen) atoms. The molecule has 1 unspecified atom stereocenters. The molecule has 1 amide bonds. The molecule has 0 saturated carbocycles. The molecule has 5 nitrogen and oxygen atoms in total. The number of hydrogen-bond donors (Lipinski definition) is 2. The lowest BCUT2D eigenvalue weighted by molar-refractivity contribution is -0.141. The minimum Gasteiger partial charge on any atom is -0.481 e. The molecule has 1 saturated heterocycles. The van der Waals surface area contributed by atoms with Crippen LogP contribution in [0.2, 0.25) is 0 Å². The first-order valence-corrected chi connectivity index (χ1v) is 5.96. The number of para-hydroxylation sites is 1. The highest BCUT2D eigenvalue weighted by Crippen LogP contribution is 2.26. The fraction of sp³-hybridized carbons (Fsp3) is 0.385. The van der Waals surface area contributed by atoms with Crippen LogP contribution in [0, 0.1) is 5.92 Å². The van der Waals surface area contributed by atoms with Gasteiger partial charge in [0.15, 0.2) is 0 Å². The molecule has 0 spiro atoms. The first-order valence-electron chi connectivity index (χ1n) is 5.96. The molecule has 5 heteroatoms. The van der Waals surface area contributed by atoms with Crippen LogP contribution < -0.4 is 10.6 Å². The fourth-order valence-corrected chi connectivity index (χ4v) is 2.36. The lowest BCUT2D eigenvalue weighted by Gasteiger charge is -2.33. The second-order valence-corrected chi connectivity index (χ2v) is 4.50. The Kier molecular flexibility index (Phi) is 3.50. The van der Waals surface area contributed by atoms with Crippen molar-refractivity contribution in [1.82, 2.24) is 0 Å². The Bertz CT molecular complexity index is 473. The zero-order valence-electron chi connectivity index (χ0n) is 10.0. The smallest absolute Gasteiger partial charge is 0.308 e. The fourth-order valence-electron chi connectivity index (χ4n) is 2.36. The van der Waals surface area contributed by atoms with Crippen molar-refractivity contribution in [1.29, 1.82) is 0 Å². The Labute approximate surface area is 105 Å². The van der Waals surface area contributed by atoms with Gasteiger partial charge in [-0.15, -0.1) is 0 Å². The number of amides is 1. The summed E-state index contributed by atoms with van der Waals surface area (Å²) >= 11 is 0. The molecular weight excluding hydrogens is 232 g/mol. The van der Waals surface area contributed by atoms with Crippen LogP contribution in [0.15, 0.2) is 24.3 Å². The Hall–Kier alpha value is -2.04. The molecule has 0 radical (unpaired) electrons. The number of carbonyl (C=O) groups excluding carboxylic acids is 1. The van der Waals surface area contributed by atoms with Crippen LogP contribution in [0.25, 0.3) is 0 Å². The molecule has 2 rings (SSSR count). The summed E-state index contributed by atoms with van der Waals surface area (Å²) in [5.41, 5.74) is 6.51. The predicted molar refractivity (Wildman–Crippen MR) is 67.5 cm³/mol. The van der Waals surface area contributed by atoms with E-state index in [1.54, 1.807) is 12.1 Å². The summed E-state index contributed by atoms with van der Waals surface area (Å²) in [4.78, 5) is 24.3. The third kappa shape index (κ3) is 2.45. The van der Waals surface area contributed by atoms with Crippen LogP contribution in [-0.2, 0) is 4.79 Å². The molecule has 1 fully saturated rings. The molecule has 1 aromatic carbocycles. The van der Waals surface area contributed by atoms with E-state index >= 15 is 0 Å². The van der Waals surface area contributed by atoms with Gasteiger partial charge in [0.25, 0.3) is 5.91 Å². The summed E-state index contributed by atoms with van der Waals surface area (Å²) in [5, 5.41) is 9.06. The second-order valence-electron chi connectivity index (χ2n) is 4.50. The Morgan fingerprint density at radius 3 is 2.72 bits per heavy atom. The Morgan fingerprint density at radius 1 is 1.33 bits per heavy atom. The number of primary amides is 1. The number of carboxylic acid groups (broad SMARTS) is 1. The summed E-state index contributed by atoms with van der Waals surface area (Å²) in [5.74, 6) is -1.64. The average molecular weight is 248 g/mol. The maximum absolute atomic E-state index is 11.4. The molecular formula is C13H16N2O3. The van der Waals surface area contributed by atoms with Gasteiger partial charge in [-0.3, -0.25) is 9.59 Å². The van der Waals surface area contributed by atoms with Crippen LogP contribution in [-0.4, -0.2) is 30.1 Å². The number of hydrogen-bond acceptors (Lipinski definition) is 3. The highest BCUT2D eigenvalue weighted by atomic mass is 16.4. The zero-order chi connectivity index (χ0) is 13.1. The minimum atomic E-state index is -0.781. The second kappa shape index (κ2) is 5.08. The van der Waals surface area contributed by atoms with Crippen LogP contribution in [0.3, 0.4) is 0 Å². The van der Waals surface area contributed by atoms with Gasteiger partial charge >= 0.3 is 5.97 Å². The number of anilines is 1. The quantitative estimate of drug-likeness (QED) is 0.838. The van der Waals surface area contributed by atoms with Gasteiger partial charge in [-0.2, -0.15) is 0 Å². The molecule has 96 valence electrons. The lowest BCUT2D eigenvalue weighted by atomic mass is 9.97. The lowest BCUT2D eigenvalue weighted by Crippen LogP contribution is -2.39. The van der Waals surface area contributed by atoms with Gasteiger partial charge in [0.1, 0.15) is 0 Å². The van der Waals surface area contributed by atoms with E-state index in [-0.39, 0.29) is 5.92 Å². The van der Waals surface area contributed by atoms with Crippen LogP contribution in [0.4, 0.5) is 5.69 Å². The minimum absolute atomic E-state index is 0.375. The summed E-state index contributed by atoms with van der Waals surface area (Å²) in [6.07, 6.45) is 1.49. The third-order valence-electron chi connectivity index (χ3n) is 3.28. The summed E-state index contributed by atoms with van der Waals surface area (Å²) < 4.78 is 0. The summed E-state index contributed by atoms with van der Waals surface area (Å²) in [6, 6.07) is 7.06. The molecule has 1 atom stereocenters. The maximum atomic E-state index is 11.4. The number of piperidine rings is 1. The largest absolute Gasteiger partial charge is 0.481 e. The molecule has 3 N–H and O–H groups in total. The third-order valence-corrected chi connectivity index (χ3v) is 3.28. The van der Waals surface area contributed by atoms with E-state index in [0.29, 0.717) is 18.5 Å². The normalized spacial score (nSPS) is 19.6. The van der Waals surface area contributed by atoms with E-state index in [9.17, 15) is 9.59 Å². The SMILES string of the molecule is NC(=O)c1ccccc1N1CCCC(C(=O)O)C1. The van der Waals surface area contributed by atoms with Crippen molar-refractivity contribution in [2.24, 2.45) is 11.7 Å². The number of nitrogens with two attached hydrogens (primary N) is 1. The van der Waals surface area contributed by atoms with Gasteiger partial charge in [0, 0.05) is 18.8 Å². The number of nitrogens with zero attached hydrogens (tertiary/aromatic N) is 1. The molecule has 1 heterocycles. The molecule has 0 aliphatic carbocycles. The van der Waals surface area contributed by atoms with Crippen LogP contribution in [0.1, 0.15) is 23.2 Å².